The van der Waals surface area contributed by atoms with Crippen LogP contribution in [0.5, 0.6) is 0 Å². The molecule has 0 bridgehead atoms. The summed E-state index contributed by atoms with van der Waals surface area (Å²) in [5.41, 5.74) is 0.431. The van der Waals surface area contributed by atoms with Crippen LogP contribution in [0.25, 0.3) is 0 Å². The van der Waals surface area contributed by atoms with Gasteiger partial charge in [0.05, 0.1) is 38.5 Å². The summed E-state index contributed by atoms with van der Waals surface area (Å²) in [5, 5.41) is 2.84. The Kier molecular flexibility index (Phi) is 7.79. The van der Waals surface area contributed by atoms with E-state index in [0.29, 0.717) is 26.2 Å². The number of hydrogen-bond donors (Lipinski definition) is 2. The smallest absolute Gasteiger partial charge is 0.277 e. The maximum absolute atomic E-state index is 12.6. The molecule has 0 spiro atoms. The van der Waals surface area contributed by atoms with E-state index in [1.165, 1.54) is 9.21 Å². The first-order valence-corrected chi connectivity index (χ1v) is 11.5. The van der Waals surface area contributed by atoms with Crippen LogP contribution in [0, 0.1) is 0 Å². The van der Waals surface area contributed by atoms with E-state index in [1.807, 2.05) is 51.1 Å². The monoisotopic (exact) mass is 425 g/mol. The second kappa shape index (κ2) is 9.69. The van der Waals surface area contributed by atoms with Gasteiger partial charge in [0.25, 0.3) is 5.91 Å². The van der Waals surface area contributed by atoms with E-state index in [4.69, 9.17) is 0 Å². The molecule has 9 heteroatoms. The predicted molar refractivity (Wildman–Crippen MR) is 112 cm³/mol. The van der Waals surface area contributed by atoms with Crippen LogP contribution >= 0.6 is 0 Å². The first-order chi connectivity index (χ1) is 13.5. The van der Waals surface area contributed by atoms with Gasteiger partial charge >= 0.3 is 0 Å². The summed E-state index contributed by atoms with van der Waals surface area (Å²) in [6, 6.07) is 9.14. The van der Waals surface area contributed by atoms with Crippen molar-refractivity contribution in [3.63, 3.8) is 0 Å². The fraction of sp³-hybridized carbons (Fsp3) is 0.600. The molecule has 1 fully saturated rings. The van der Waals surface area contributed by atoms with Crippen LogP contribution < -0.4 is 10.2 Å². The van der Waals surface area contributed by atoms with Gasteiger partial charge in [-0.2, -0.15) is 4.31 Å². The molecule has 1 aromatic rings. The topological polar surface area (TPSA) is 91.2 Å². The van der Waals surface area contributed by atoms with Crippen LogP contribution in [-0.4, -0.2) is 81.3 Å². The van der Waals surface area contributed by atoms with E-state index < -0.39 is 10.0 Å². The fourth-order valence-corrected chi connectivity index (χ4v) is 4.78. The lowest BCUT2D eigenvalue weighted by Crippen LogP contribution is -3.15. The zero-order valence-electron chi connectivity index (χ0n) is 17.8. The average molecular weight is 426 g/mol. The molecule has 0 saturated carbocycles. The summed E-state index contributed by atoms with van der Waals surface area (Å²) in [4.78, 5) is 26.9. The van der Waals surface area contributed by atoms with E-state index >= 15 is 0 Å². The van der Waals surface area contributed by atoms with Crippen molar-refractivity contribution in [3.05, 3.63) is 35.9 Å². The van der Waals surface area contributed by atoms with Gasteiger partial charge in [0.1, 0.15) is 0 Å². The molecule has 8 nitrogen and oxygen atoms in total. The highest BCUT2D eigenvalue weighted by Gasteiger charge is 2.30. The lowest BCUT2D eigenvalue weighted by molar-refractivity contribution is -0.895. The molecular formula is C20H33N4O4S+. The van der Waals surface area contributed by atoms with Crippen molar-refractivity contribution in [2.45, 2.75) is 32.1 Å². The number of amides is 2. The van der Waals surface area contributed by atoms with Crippen LogP contribution in [0.4, 0.5) is 0 Å². The van der Waals surface area contributed by atoms with Gasteiger partial charge in [-0.05, 0) is 26.3 Å². The van der Waals surface area contributed by atoms with Crippen LogP contribution in [0.1, 0.15) is 26.3 Å². The Labute approximate surface area is 173 Å². The first kappa shape index (κ1) is 23.3. The maximum atomic E-state index is 12.6. The molecule has 162 valence electrons. The Morgan fingerprint density at radius 3 is 2.28 bits per heavy atom. The summed E-state index contributed by atoms with van der Waals surface area (Å²) in [6.45, 7) is 7.88. The van der Waals surface area contributed by atoms with E-state index in [-0.39, 0.29) is 36.2 Å². The zero-order chi connectivity index (χ0) is 21.7. The minimum absolute atomic E-state index is 0.00622. The van der Waals surface area contributed by atoms with Crippen LogP contribution in [0.3, 0.4) is 0 Å². The third-order valence-electron chi connectivity index (χ3n) is 4.74. The first-order valence-electron chi connectivity index (χ1n) is 9.86. The maximum Gasteiger partial charge on any atom is 0.277 e. The molecular weight excluding hydrogens is 392 g/mol. The van der Waals surface area contributed by atoms with Crippen molar-refractivity contribution in [2.24, 2.45) is 0 Å². The molecule has 2 amide bonds. The lowest BCUT2D eigenvalue weighted by Gasteiger charge is -2.32. The van der Waals surface area contributed by atoms with Gasteiger partial charge in [0, 0.05) is 12.6 Å². The summed E-state index contributed by atoms with van der Waals surface area (Å²) >= 11 is 0. The Morgan fingerprint density at radius 2 is 1.72 bits per heavy atom. The number of carbonyl (C=O) groups is 2. The molecule has 0 aromatic heterocycles. The van der Waals surface area contributed by atoms with Gasteiger partial charge in [-0.25, -0.2) is 8.42 Å². The van der Waals surface area contributed by atoms with Gasteiger partial charge in [-0.15, -0.1) is 0 Å². The number of carbonyl (C=O) groups excluding carboxylic acids is 2. The van der Waals surface area contributed by atoms with Crippen molar-refractivity contribution in [1.82, 2.24) is 14.5 Å². The van der Waals surface area contributed by atoms with E-state index in [9.17, 15) is 18.0 Å². The predicted octanol–water partition coefficient (Wildman–Crippen LogP) is -0.910. The molecule has 1 aromatic carbocycles. The summed E-state index contributed by atoms with van der Waals surface area (Å²) in [7, 11) is -1.75. The van der Waals surface area contributed by atoms with Crippen molar-refractivity contribution in [2.75, 3.05) is 46.3 Å². The third-order valence-corrected chi connectivity index (χ3v) is 6.59. The third kappa shape index (κ3) is 7.75. The molecule has 1 aliphatic heterocycles. The van der Waals surface area contributed by atoms with Crippen molar-refractivity contribution in [1.29, 1.82) is 0 Å². The number of sulfonamides is 1. The standard InChI is InChI=1S/C20H32N4O4S/c1-20(2,3)21-18(25)14-22(4)19(26)15-23-10-12-24(13-11-23)29(27,28)16-17-8-6-5-7-9-17/h5-9H,10-16H2,1-4H3,(H,21,25)/p+1. The normalized spacial score (nSPS) is 16.4. The summed E-state index contributed by atoms with van der Waals surface area (Å²) < 4.78 is 26.8. The number of likely N-dealkylation sites (N-methyl/N-ethyl adjacent to an activating group) is 1. The number of nitrogens with one attached hydrogen (secondary N) is 2. The highest BCUT2D eigenvalue weighted by atomic mass is 32.2. The molecule has 2 rings (SSSR count). The summed E-state index contributed by atoms with van der Waals surface area (Å²) in [6.07, 6.45) is 0. The van der Waals surface area contributed by atoms with Gasteiger partial charge in [0.15, 0.2) is 6.54 Å². The molecule has 0 atom stereocenters. The number of nitrogens with zero attached hydrogens (tertiary/aromatic N) is 2. The number of piperazine rings is 1. The Bertz CT molecular complexity index is 798. The summed E-state index contributed by atoms with van der Waals surface area (Å²) in [5.74, 6) is -0.321. The molecule has 1 heterocycles. The van der Waals surface area contributed by atoms with Crippen LogP contribution in [0.2, 0.25) is 0 Å². The van der Waals surface area contributed by atoms with Crippen molar-refractivity contribution < 1.29 is 22.9 Å². The fourth-order valence-electron chi connectivity index (χ4n) is 3.24. The molecule has 0 radical (unpaired) electrons. The Balaban J connectivity index is 1.80. The molecule has 0 unspecified atom stereocenters. The molecule has 29 heavy (non-hydrogen) atoms. The van der Waals surface area contributed by atoms with Crippen LogP contribution in [-0.2, 0) is 25.4 Å². The van der Waals surface area contributed by atoms with Gasteiger partial charge in [0.2, 0.25) is 15.9 Å². The molecule has 2 N–H and O–H groups in total. The second-order valence-corrected chi connectivity index (χ2v) is 10.6. The van der Waals surface area contributed by atoms with Gasteiger partial charge in [-0.3, -0.25) is 9.59 Å². The zero-order valence-corrected chi connectivity index (χ0v) is 18.6. The van der Waals surface area contributed by atoms with Crippen molar-refractivity contribution >= 4 is 21.8 Å². The number of hydrogen-bond acceptors (Lipinski definition) is 4. The SMILES string of the molecule is CN(CC(=O)NC(C)(C)C)C(=O)C[NH+]1CCN(S(=O)(=O)Cc2ccccc2)CC1. The van der Waals surface area contributed by atoms with E-state index in [1.54, 1.807) is 7.05 Å². The van der Waals surface area contributed by atoms with Gasteiger partial charge in [-0.1, -0.05) is 30.3 Å². The Hall–Kier alpha value is -1.97. The number of quaternary nitrogens is 1. The minimum atomic E-state index is -3.37. The quantitative estimate of drug-likeness (QED) is 0.592. The van der Waals surface area contributed by atoms with Crippen LogP contribution in [0.15, 0.2) is 30.3 Å². The van der Waals surface area contributed by atoms with E-state index in [0.717, 1.165) is 10.5 Å². The number of rotatable bonds is 7. The Morgan fingerprint density at radius 1 is 1.14 bits per heavy atom. The highest BCUT2D eigenvalue weighted by Crippen LogP contribution is 2.10. The average Bonchev–Trinajstić information content (AvgIpc) is 2.61. The lowest BCUT2D eigenvalue weighted by atomic mass is 10.1. The molecule has 0 aliphatic carbocycles. The van der Waals surface area contributed by atoms with E-state index in [2.05, 4.69) is 5.32 Å². The molecule has 1 aliphatic rings. The van der Waals surface area contributed by atoms with Crippen molar-refractivity contribution in [3.8, 4) is 0 Å². The van der Waals surface area contributed by atoms with Gasteiger partial charge < -0.3 is 15.1 Å². The largest absolute Gasteiger partial charge is 0.350 e. The minimum Gasteiger partial charge on any atom is -0.350 e. The molecule has 1 saturated heterocycles. The second-order valence-electron chi connectivity index (χ2n) is 8.62. The highest BCUT2D eigenvalue weighted by molar-refractivity contribution is 7.88. The number of benzene rings is 1.